The quantitative estimate of drug-likeness (QED) is 0.900. The molecule has 4 heteroatoms. The second-order valence-electron chi connectivity index (χ2n) is 5.81. The highest BCUT2D eigenvalue weighted by Crippen LogP contribution is 2.34. The lowest BCUT2D eigenvalue weighted by Crippen LogP contribution is -2.56. The first-order valence-electron chi connectivity index (χ1n) is 6.93. The van der Waals surface area contributed by atoms with Crippen LogP contribution >= 0.6 is 23.2 Å². The predicted octanol–water partition coefficient (Wildman–Crippen LogP) is 4.21. The smallest absolute Gasteiger partial charge is 0.0825 e. The minimum atomic E-state index is 0.430. The van der Waals surface area contributed by atoms with E-state index in [0.717, 1.165) is 18.8 Å². The van der Waals surface area contributed by atoms with Crippen molar-refractivity contribution in [2.45, 2.75) is 39.3 Å². The van der Waals surface area contributed by atoms with Crippen molar-refractivity contribution in [2.75, 3.05) is 18.0 Å². The number of halogens is 2. The lowest BCUT2D eigenvalue weighted by Gasteiger charge is -2.41. The van der Waals surface area contributed by atoms with E-state index in [1.54, 1.807) is 0 Å². The van der Waals surface area contributed by atoms with E-state index < -0.39 is 0 Å². The molecule has 1 N–H and O–H groups in total. The Morgan fingerprint density at radius 3 is 2.79 bits per heavy atom. The van der Waals surface area contributed by atoms with E-state index in [2.05, 4.69) is 37.1 Å². The average Bonchev–Trinajstić information content (AvgIpc) is 2.35. The predicted molar refractivity (Wildman–Crippen MR) is 84.5 cm³/mol. The average molecular weight is 301 g/mol. The molecular formula is C15H22Cl2N2. The summed E-state index contributed by atoms with van der Waals surface area (Å²) in [5.74, 6) is 0.697. The molecule has 0 radical (unpaired) electrons. The molecule has 2 nitrogen and oxygen atoms in total. The van der Waals surface area contributed by atoms with Gasteiger partial charge in [-0.2, -0.15) is 0 Å². The Bertz CT molecular complexity index is 434. The van der Waals surface area contributed by atoms with E-state index in [1.807, 2.05) is 12.1 Å². The van der Waals surface area contributed by atoms with Crippen LogP contribution in [0.3, 0.4) is 0 Å². The normalized spacial score (nSPS) is 24.0. The summed E-state index contributed by atoms with van der Waals surface area (Å²) in [6.45, 7) is 8.71. The molecule has 2 unspecified atom stereocenters. The van der Waals surface area contributed by atoms with Crippen LogP contribution in [0.4, 0.5) is 5.69 Å². The summed E-state index contributed by atoms with van der Waals surface area (Å²) in [6.07, 6.45) is 1.18. The van der Waals surface area contributed by atoms with Crippen LogP contribution in [0.5, 0.6) is 0 Å². The molecular weight excluding hydrogens is 279 g/mol. The van der Waals surface area contributed by atoms with Gasteiger partial charge in [0, 0.05) is 25.2 Å². The van der Waals surface area contributed by atoms with Crippen molar-refractivity contribution >= 4 is 28.9 Å². The summed E-state index contributed by atoms with van der Waals surface area (Å²) >= 11 is 12.5. The van der Waals surface area contributed by atoms with Gasteiger partial charge in [-0.15, -0.1) is 0 Å². The maximum Gasteiger partial charge on any atom is 0.0825 e. The second-order valence-corrected chi connectivity index (χ2v) is 6.59. The largest absolute Gasteiger partial charge is 0.365 e. The third-order valence-corrected chi connectivity index (χ3v) is 4.46. The zero-order valence-electron chi connectivity index (χ0n) is 11.8. The molecule has 1 aliphatic heterocycles. The SMILES string of the molecule is CC(C)CC1CN(c2cccc(Cl)c2Cl)C(C)CN1. The summed E-state index contributed by atoms with van der Waals surface area (Å²) in [6, 6.07) is 6.81. The van der Waals surface area contributed by atoms with E-state index in [-0.39, 0.29) is 0 Å². The topological polar surface area (TPSA) is 15.3 Å². The van der Waals surface area contributed by atoms with Gasteiger partial charge in [-0.3, -0.25) is 0 Å². The number of nitrogens with zero attached hydrogens (tertiary/aromatic N) is 1. The number of hydrogen-bond donors (Lipinski definition) is 1. The van der Waals surface area contributed by atoms with Crippen LogP contribution in [-0.4, -0.2) is 25.2 Å². The van der Waals surface area contributed by atoms with Crippen LogP contribution in [0.15, 0.2) is 18.2 Å². The van der Waals surface area contributed by atoms with Crippen molar-refractivity contribution < 1.29 is 0 Å². The molecule has 0 aromatic heterocycles. The van der Waals surface area contributed by atoms with Crippen LogP contribution in [0.1, 0.15) is 27.2 Å². The number of nitrogens with one attached hydrogen (secondary N) is 1. The van der Waals surface area contributed by atoms with E-state index in [1.165, 1.54) is 6.42 Å². The first kappa shape index (κ1) is 15.0. The molecule has 0 amide bonds. The molecule has 1 saturated heterocycles. The van der Waals surface area contributed by atoms with Gasteiger partial charge in [0.15, 0.2) is 0 Å². The fraction of sp³-hybridized carbons (Fsp3) is 0.600. The summed E-state index contributed by atoms with van der Waals surface area (Å²) < 4.78 is 0. The zero-order valence-corrected chi connectivity index (χ0v) is 13.3. The number of piperazine rings is 1. The molecule has 2 atom stereocenters. The molecule has 1 fully saturated rings. The van der Waals surface area contributed by atoms with Gasteiger partial charge >= 0.3 is 0 Å². The fourth-order valence-electron chi connectivity index (χ4n) is 2.71. The van der Waals surface area contributed by atoms with Crippen molar-refractivity contribution in [1.82, 2.24) is 5.32 Å². The Morgan fingerprint density at radius 1 is 1.37 bits per heavy atom. The van der Waals surface area contributed by atoms with Gasteiger partial charge in [0.2, 0.25) is 0 Å². The van der Waals surface area contributed by atoms with Crippen LogP contribution in [0, 0.1) is 5.92 Å². The first-order chi connectivity index (χ1) is 8.99. The van der Waals surface area contributed by atoms with Gasteiger partial charge in [-0.1, -0.05) is 43.1 Å². The lowest BCUT2D eigenvalue weighted by atomic mass is 9.99. The summed E-state index contributed by atoms with van der Waals surface area (Å²) in [7, 11) is 0. The lowest BCUT2D eigenvalue weighted by molar-refractivity contribution is 0.356. The number of rotatable bonds is 3. The van der Waals surface area contributed by atoms with Crippen LogP contribution in [-0.2, 0) is 0 Å². The van der Waals surface area contributed by atoms with Crippen molar-refractivity contribution in [3.8, 4) is 0 Å². The van der Waals surface area contributed by atoms with E-state index in [4.69, 9.17) is 23.2 Å². The van der Waals surface area contributed by atoms with Gasteiger partial charge in [-0.25, -0.2) is 0 Å². The molecule has 0 bridgehead atoms. The Labute approximate surface area is 126 Å². The van der Waals surface area contributed by atoms with Gasteiger partial charge < -0.3 is 10.2 Å². The number of benzene rings is 1. The van der Waals surface area contributed by atoms with E-state index in [0.29, 0.717) is 28.0 Å². The summed E-state index contributed by atoms with van der Waals surface area (Å²) in [5, 5.41) is 4.91. The molecule has 0 saturated carbocycles. The van der Waals surface area contributed by atoms with Crippen molar-refractivity contribution in [3.05, 3.63) is 28.2 Å². The minimum absolute atomic E-state index is 0.430. The molecule has 2 rings (SSSR count). The Balaban J connectivity index is 2.19. The van der Waals surface area contributed by atoms with Gasteiger partial charge in [0.05, 0.1) is 15.7 Å². The van der Waals surface area contributed by atoms with Crippen molar-refractivity contribution in [3.63, 3.8) is 0 Å². The zero-order chi connectivity index (χ0) is 14.0. The molecule has 1 aromatic carbocycles. The second kappa shape index (κ2) is 6.34. The fourth-order valence-corrected chi connectivity index (χ4v) is 3.11. The van der Waals surface area contributed by atoms with Crippen LogP contribution < -0.4 is 10.2 Å². The maximum absolute atomic E-state index is 6.35. The van der Waals surface area contributed by atoms with Gasteiger partial charge in [0.25, 0.3) is 0 Å². The molecule has 0 aliphatic carbocycles. The summed E-state index contributed by atoms with van der Waals surface area (Å²) in [5.41, 5.74) is 1.05. The highest BCUT2D eigenvalue weighted by atomic mass is 35.5. The number of hydrogen-bond acceptors (Lipinski definition) is 2. The third kappa shape index (κ3) is 3.56. The van der Waals surface area contributed by atoms with Gasteiger partial charge in [0.1, 0.15) is 0 Å². The highest BCUT2D eigenvalue weighted by molar-refractivity contribution is 6.43. The highest BCUT2D eigenvalue weighted by Gasteiger charge is 2.27. The van der Waals surface area contributed by atoms with Crippen molar-refractivity contribution in [1.29, 1.82) is 0 Å². The maximum atomic E-state index is 6.35. The van der Waals surface area contributed by atoms with Crippen LogP contribution in [0.25, 0.3) is 0 Å². The Morgan fingerprint density at radius 2 is 2.11 bits per heavy atom. The third-order valence-electron chi connectivity index (χ3n) is 3.65. The Hall–Kier alpha value is -0.440. The Kier molecular flexibility index (Phi) is 4.99. The minimum Gasteiger partial charge on any atom is -0.365 e. The molecule has 19 heavy (non-hydrogen) atoms. The van der Waals surface area contributed by atoms with E-state index >= 15 is 0 Å². The molecule has 1 heterocycles. The standard InChI is InChI=1S/C15H22Cl2N2/c1-10(2)7-12-9-19(11(3)8-18-12)14-6-4-5-13(16)15(14)17/h4-6,10-12,18H,7-9H2,1-3H3. The molecule has 106 valence electrons. The van der Waals surface area contributed by atoms with E-state index in [9.17, 15) is 0 Å². The molecule has 1 aromatic rings. The summed E-state index contributed by atoms with van der Waals surface area (Å²) in [4.78, 5) is 2.37. The van der Waals surface area contributed by atoms with Crippen molar-refractivity contribution in [2.24, 2.45) is 5.92 Å². The molecule has 1 aliphatic rings. The first-order valence-corrected chi connectivity index (χ1v) is 7.68. The molecule has 0 spiro atoms. The monoisotopic (exact) mass is 300 g/mol. The van der Waals surface area contributed by atoms with Gasteiger partial charge in [-0.05, 0) is 31.4 Å². The van der Waals surface area contributed by atoms with Crippen LogP contribution in [0.2, 0.25) is 10.0 Å². The number of anilines is 1.